The molecule has 0 atom stereocenters. The molecule has 118 valence electrons. The monoisotopic (exact) mass is 308 g/mol. The molecule has 4 heteroatoms. The topological polar surface area (TPSA) is 49.4 Å². The maximum atomic E-state index is 12.4. The lowest BCUT2D eigenvalue weighted by Crippen LogP contribution is -2.24. The number of benzene rings is 2. The number of amides is 2. The predicted molar refractivity (Wildman–Crippen MR) is 91.9 cm³/mol. The third-order valence-electron chi connectivity index (χ3n) is 4.21. The number of nitrogens with zero attached hydrogens (tertiary/aromatic N) is 1. The fourth-order valence-electron chi connectivity index (χ4n) is 2.97. The Bertz CT molecular complexity index is 768. The molecule has 1 aliphatic heterocycles. The van der Waals surface area contributed by atoms with E-state index in [1.54, 1.807) is 0 Å². The molecule has 0 bridgehead atoms. The van der Waals surface area contributed by atoms with Gasteiger partial charge in [-0.25, -0.2) is 0 Å². The Labute approximate surface area is 136 Å². The number of hydrogen-bond acceptors (Lipinski definition) is 2. The molecular weight excluding hydrogens is 288 g/mol. The zero-order valence-electron chi connectivity index (χ0n) is 13.4. The predicted octanol–water partition coefficient (Wildman–Crippen LogP) is 3.68. The number of carbonyl (C=O) groups excluding carboxylic acids is 2. The number of anilines is 2. The summed E-state index contributed by atoms with van der Waals surface area (Å²) in [6.45, 7) is 4.65. The molecule has 4 nitrogen and oxygen atoms in total. The van der Waals surface area contributed by atoms with E-state index in [1.165, 1.54) is 0 Å². The van der Waals surface area contributed by atoms with E-state index in [0.717, 1.165) is 35.5 Å². The smallest absolute Gasteiger partial charge is 0.255 e. The van der Waals surface area contributed by atoms with Crippen molar-refractivity contribution < 1.29 is 9.59 Å². The van der Waals surface area contributed by atoms with Gasteiger partial charge in [-0.3, -0.25) is 9.59 Å². The normalized spacial score (nSPS) is 14.2. The molecule has 0 saturated carbocycles. The largest absolute Gasteiger partial charge is 0.322 e. The summed E-state index contributed by atoms with van der Waals surface area (Å²) in [7, 11) is 0. The first-order chi connectivity index (χ1) is 11.1. The van der Waals surface area contributed by atoms with Gasteiger partial charge in [0.15, 0.2) is 0 Å². The standard InChI is InChI=1S/C19H20N2O2/c1-13-6-3-4-7-16(13)19(23)20-15-9-10-17(14(2)12-15)21-11-5-8-18(21)22/h3-4,6-7,9-10,12H,5,8,11H2,1-2H3,(H,20,23). The van der Waals surface area contributed by atoms with Gasteiger partial charge < -0.3 is 10.2 Å². The van der Waals surface area contributed by atoms with Crippen LogP contribution in [0.2, 0.25) is 0 Å². The lowest BCUT2D eigenvalue weighted by molar-refractivity contribution is -0.117. The summed E-state index contributed by atoms with van der Waals surface area (Å²) in [6.07, 6.45) is 1.52. The second kappa shape index (κ2) is 6.24. The van der Waals surface area contributed by atoms with Gasteiger partial charge in [-0.05, 0) is 55.7 Å². The molecule has 0 aromatic heterocycles. The minimum Gasteiger partial charge on any atom is -0.322 e. The fourth-order valence-corrected chi connectivity index (χ4v) is 2.97. The van der Waals surface area contributed by atoms with Crippen LogP contribution >= 0.6 is 0 Å². The Balaban J connectivity index is 1.79. The zero-order chi connectivity index (χ0) is 16.4. The summed E-state index contributed by atoms with van der Waals surface area (Å²) in [5, 5.41) is 2.93. The molecule has 1 saturated heterocycles. The Morgan fingerprint density at radius 1 is 1.09 bits per heavy atom. The minimum atomic E-state index is -0.118. The van der Waals surface area contributed by atoms with Gasteiger partial charge >= 0.3 is 0 Å². The highest BCUT2D eigenvalue weighted by Gasteiger charge is 2.23. The van der Waals surface area contributed by atoms with Gasteiger partial charge in [0, 0.05) is 29.9 Å². The molecule has 1 aliphatic rings. The highest BCUT2D eigenvalue weighted by Crippen LogP contribution is 2.27. The van der Waals surface area contributed by atoms with E-state index in [0.29, 0.717) is 12.0 Å². The maximum absolute atomic E-state index is 12.4. The lowest BCUT2D eigenvalue weighted by atomic mass is 10.1. The number of hydrogen-bond donors (Lipinski definition) is 1. The van der Waals surface area contributed by atoms with E-state index < -0.39 is 0 Å². The third kappa shape index (κ3) is 3.11. The Morgan fingerprint density at radius 3 is 2.52 bits per heavy atom. The Kier molecular flexibility index (Phi) is 4.15. The first-order valence-corrected chi connectivity index (χ1v) is 7.84. The molecule has 0 unspecified atom stereocenters. The van der Waals surface area contributed by atoms with Crippen molar-refractivity contribution in [3.63, 3.8) is 0 Å². The van der Waals surface area contributed by atoms with Crippen molar-refractivity contribution in [2.75, 3.05) is 16.8 Å². The van der Waals surface area contributed by atoms with Gasteiger partial charge in [-0.1, -0.05) is 18.2 Å². The average Bonchev–Trinajstić information content (AvgIpc) is 2.94. The summed E-state index contributed by atoms with van der Waals surface area (Å²) >= 11 is 0. The number of carbonyl (C=O) groups is 2. The third-order valence-corrected chi connectivity index (χ3v) is 4.21. The van der Waals surface area contributed by atoms with Crippen LogP contribution in [0, 0.1) is 13.8 Å². The van der Waals surface area contributed by atoms with E-state index in [2.05, 4.69) is 5.32 Å². The van der Waals surface area contributed by atoms with Crippen molar-refractivity contribution in [1.29, 1.82) is 0 Å². The Morgan fingerprint density at radius 2 is 1.87 bits per heavy atom. The van der Waals surface area contributed by atoms with Crippen LogP contribution in [0.4, 0.5) is 11.4 Å². The van der Waals surface area contributed by atoms with Crippen molar-refractivity contribution in [1.82, 2.24) is 0 Å². The van der Waals surface area contributed by atoms with E-state index in [-0.39, 0.29) is 11.8 Å². The second-order valence-electron chi connectivity index (χ2n) is 5.92. The molecule has 0 radical (unpaired) electrons. The maximum Gasteiger partial charge on any atom is 0.255 e. The van der Waals surface area contributed by atoms with Crippen LogP contribution in [0.3, 0.4) is 0 Å². The molecule has 23 heavy (non-hydrogen) atoms. The summed E-state index contributed by atoms with van der Waals surface area (Å²) in [5.41, 5.74) is 4.28. The van der Waals surface area contributed by atoms with Crippen LogP contribution in [0.25, 0.3) is 0 Å². The first-order valence-electron chi connectivity index (χ1n) is 7.84. The number of rotatable bonds is 3. The molecule has 1 heterocycles. The molecule has 3 rings (SSSR count). The molecule has 2 amide bonds. The van der Waals surface area contributed by atoms with Gasteiger partial charge in [0.2, 0.25) is 5.91 Å². The van der Waals surface area contributed by atoms with Gasteiger partial charge in [-0.15, -0.1) is 0 Å². The number of aryl methyl sites for hydroxylation is 2. The van der Waals surface area contributed by atoms with Crippen LogP contribution in [-0.2, 0) is 4.79 Å². The van der Waals surface area contributed by atoms with Gasteiger partial charge in [0.05, 0.1) is 0 Å². The molecule has 1 N–H and O–H groups in total. The van der Waals surface area contributed by atoms with Crippen LogP contribution in [0.1, 0.15) is 34.3 Å². The van der Waals surface area contributed by atoms with Crippen molar-refractivity contribution in [2.24, 2.45) is 0 Å². The van der Waals surface area contributed by atoms with Gasteiger partial charge in [0.1, 0.15) is 0 Å². The van der Waals surface area contributed by atoms with Gasteiger partial charge in [0.25, 0.3) is 5.91 Å². The van der Waals surface area contributed by atoms with Crippen LogP contribution in [0.5, 0.6) is 0 Å². The van der Waals surface area contributed by atoms with Crippen molar-refractivity contribution in [3.05, 3.63) is 59.2 Å². The van der Waals surface area contributed by atoms with Crippen LogP contribution in [0.15, 0.2) is 42.5 Å². The molecular formula is C19H20N2O2. The van der Waals surface area contributed by atoms with E-state index in [4.69, 9.17) is 0 Å². The van der Waals surface area contributed by atoms with E-state index in [1.807, 2.05) is 61.2 Å². The van der Waals surface area contributed by atoms with Gasteiger partial charge in [-0.2, -0.15) is 0 Å². The minimum absolute atomic E-state index is 0.118. The second-order valence-corrected chi connectivity index (χ2v) is 5.92. The molecule has 2 aromatic rings. The fraction of sp³-hybridized carbons (Fsp3) is 0.263. The molecule has 2 aromatic carbocycles. The summed E-state index contributed by atoms with van der Waals surface area (Å²) < 4.78 is 0. The van der Waals surface area contributed by atoms with Crippen molar-refractivity contribution in [2.45, 2.75) is 26.7 Å². The van der Waals surface area contributed by atoms with E-state index >= 15 is 0 Å². The lowest BCUT2D eigenvalue weighted by Gasteiger charge is -2.19. The quantitative estimate of drug-likeness (QED) is 0.940. The summed E-state index contributed by atoms with van der Waals surface area (Å²) in [6, 6.07) is 13.2. The molecule has 0 spiro atoms. The first kappa shape index (κ1) is 15.3. The highest BCUT2D eigenvalue weighted by molar-refractivity contribution is 6.05. The summed E-state index contributed by atoms with van der Waals surface area (Å²) in [5.74, 6) is 0.0531. The molecule has 0 aliphatic carbocycles. The zero-order valence-corrected chi connectivity index (χ0v) is 13.4. The van der Waals surface area contributed by atoms with Crippen molar-refractivity contribution in [3.8, 4) is 0 Å². The number of nitrogens with one attached hydrogen (secondary N) is 1. The average molecular weight is 308 g/mol. The Hall–Kier alpha value is -2.62. The highest BCUT2D eigenvalue weighted by atomic mass is 16.2. The van der Waals surface area contributed by atoms with Crippen molar-refractivity contribution >= 4 is 23.2 Å². The van der Waals surface area contributed by atoms with Crippen LogP contribution < -0.4 is 10.2 Å². The molecule has 1 fully saturated rings. The SMILES string of the molecule is Cc1ccccc1C(=O)Nc1ccc(N2CCCC2=O)c(C)c1. The van der Waals surface area contributed by atoms with Crippen LogP contribution in [-0.4, -0.2) is 18.4 Å². The van der Waals surface area contributed by atoms with E-state index in [9.17, 15) is 9.59 Å². The summed E-state index contributed by atoms with van der Waals surface area (Å²) in [4.78, 5) is 26.1.